The van der Waals surface area contributed by atoms with Crippen LogP contribution in [0, 0.1) is 0 Å². The lowest BCUT2D eigenvalue weighted by Crippen LogP contribution is -3.13. The van der Waals surface area contributed by atoms with Gasteiger partial charge < -0.3 is 29.0 Å². The summed E-state index contributed by atoms with van der Waals surface area (Å²) < 4.78 is 16.1. The zero-order valence-corrected chi connectivity index (χ0v) is 17.5. The number of ether oxygens (including phenoxy) is 3. The number of para-hydroxylation sites is 2. The van der Waals surface area contributed by atoms with Gasteiger partial charge in [-0.1, -0.05) is 12.1 Å². The van der Waals surface area contributed by atoms with E-state index in [1.165, 1.54) is 4.90 Å². The number of nitrogens with one attached hydrogen (secondary N) is 2. The molecule has 0 aliphatic carbocycles. The summed E-state index contributed by atoms with van der Waals surface area (Å²) in [6, 6.07) is 11.5. The second-order valence-electron chi connectivity index (χ2n) is 7.32. The van der Waals surface area contributed by atoms with Gasteiger partial charge in [0.25, 0.3) is 5.56 Å². The Morgan fingerprint density at radius 1 is 1.00 bits per heavy atom. The number of piperazine rings is 1. The number of aromatic amines is 1. The van der Waals surface area contributed by atoms with E-state index in [4.69, 9.17) is 14.2 Å². The fourth-order valence-electron chi connectivity index (χ4n) is 3.97. The molecular weight excluding hydrogens is 384 g/mol. The molecule has 4 rings (SSSR count). The third-order valence-electron chi connectivity index (χ3n) is 5.57. The summed E-state index contributed by atoms with van der Waals surface area (Å²) in [6.45, 7) is 4.40. The van der Waals surface area contributed by atoms with E-state index >= 15 is 0 Å². The number of quaternary nitrogens is 1. The van der Waals surface area contributed by atoms with Gasteiger partial charge in [-0.15, -0.1) is 0 Å². The van der Waals surface area contributed by atoms with Crippen LogP contribution in [0.25, 0.3) is 10.9 Å². The van der Waals surface area contributed by atoms with E-state index in [-0.39, 0.29) is 5.56 Å². The van der Waals surface area contributed by atoms with Gasteiger partial charge >= 0.3 is 0 Å². The summed E-state index contributed by atoms with van der Waals surface area (Å²) in [7, 11) is 4.82. The van der Waals surface area contributed by atoms with Crippen LogP contribution in [0.1, 0.15) is 5.82 Å². The van der Waals surface area contributed by atoms with Crippen LogP contribution in [0.15, 0.2) is 41.2 Å². The summed E-state index contributed by atoms with van der Waals surface area (Å²) in [5.74, 6) is 2.65. The number of hydrogen-bond donors (Lipinski definition) is 2. The van der Waals surface area contributed by atoms with Gasteiger partial charge in [0.2, 0.25) is 0 Å². The van der Waals surface area contributed by atoms with Crippen LogP contribution < -0.4 is 29.6 Å². The molecule has 0 atom stereocenters. The molecule has 0 spiro atoms. The predicted octanol–water partition coefficient (Wildman–Crippen LogP) is 0.854. The largest absolute Gasteiger partial charge is 0.495 e. The molecule has 8 nitrogen and oxygen atoms in total. The summed E-state index contributed by atoms with van der Waals surface area (Å²) >= 11 is 0. The van der Waals surface area contributed by atoms with Crippen LogP contribution in [0.2, 0.25) is 0 Å². The van der Waals surface area contributed by atoms with Gasteiger partial charge in [-0.2, -0.15) is 0 Å². The van der Waals surface area contributed by atoms with Gasteiger partial charge in [-0.3, -0.25) is 4.79 Å². The molecule has 2 aromatic carbocycles. The summed E-state index contributed by atoms with van der Waals surface area (Å²) in [4.78, 5) is 23.9. The number of benzene rings is 2. The minimum Gasteiger partial charge on any atom is -0.495 e. The summed E-state index contributed by atoms with van der Waals surface area (Å²) in [5.41, 5.74) is 1.57. The molecule has 8 heteroatoms. The highest BCUT2D eigenvalue weighted by atomic mass is 16.5. The van der Waals surface area contributed by atoms with Crippen LogP contribution in [0.5, 0.6) is 17.2 Å². The molecule has 2 heterocycles. The Morgan fingerprint density at radius 3 is 2.37 bits per heavy atom. The molecule has 30 heavy (non-hydrogen) atoms. The van der Waals surface area contributed by atoms with Gasteiger partial charge in [0.15, 0.2) is 17.3 Å². The zero-order valence-electron chi connectivity index (χ0n) is 17.5. The Bertz CT molecular complexity index is 1090. The van der Waals surface area contributed by atoms with Crippen LogP contribution in [0.4, 0.5) is 5.69 Å². The van der Waals surface area contributed by atoms with E-state index in [1.807, 2.05) is 18.2 Å². The Labute approximate surface area is 175 Å². The van der Waals surface area contributed by atoms with Crippen molar-refractivity contribution in [2.24, 2.45) is 0 Å². The number of aromatic nitrogens is 2. The quantitative estimate of drug-likeness (QED) is 0.626. The lowest BCUT2D eigenvalue weighted by atomic mass is 10.2. The highest BCUT2D eigenvalue weighted by Crippen LogP contribution is 2.30. The first kappa shape index (κ1) is 20.0. The molecule has 1 aliphatic heterocycles. The normalized spacial score (nSPS) is 14.7. The standard InChI is InChI=1S/C22H26N4O4/c1-28-18-7-5-4-6-17(18)26-10-8-25(9-11-26)14-21-23-16-13-20(30-3)19(29-2)12-15(16)22(27)24-21/h4-7,12-13H,8-11,14H2,1-3H3,(H,23,24,27)/p+1. The van der Waals surface area contributed by atoms with Crippen molar-refractivity contribution in [3.8, 4) is 17.2 Å². The van der Waals surface area contributed by atoms with E-state index in [0.717, 1.165) is 37.6 Å². The molecule has 0 unspecified atom stereocenters. The van der Waals surface area contributed by atoms with Gasteiger partial charge in [-0.25, -0.2) is 4.98 Å². The van der Waals surface area contributed by atoms with Crippen molar-refractivity contribution in [1.29, 1.82) is 0 Å². The van der Waals surface area contributed by atoms with Crippen LogP contribution in [-0.4, -0.2) is 57.5 Å². The number of H-pyrrole nitrogens is 1. The number of rotatable bonds is 6. The zero-order chi connectivity index (χ0) is 21.1. The first-order chi connectivity index (χ1) is 14.6. The lowest BCUT2D eigenvalue weighted by Gasteiger charge is -2.34. The molecule has 1 saturated heterocycles. The highest BCUT2D eigenvalue weighted by Gasteiger charge is 2.23. The second-order valence-corrected chi connectivity index (χ2v) is 7.32. The Kier molecular flexibility index (Phi) is 5.76. The van der Waals surface area contributed by atoms with E-state index in [9.17, 15) is 4.79 Å². The first-order valence-corrected chi connectivity index (χ1v) is 9.99. The third kappa shape index (κ3) is 3.91. The van der Waals surface area contributed by atoms with Crippen LogP contribution in [-0.2, 0) is 6.54 Å². The number of nitrogens with zero attached hydrogens (tertiary/aromatic N) is 2. The number of anilines is 1. The minimum absolute atomic E-state index is 0.164. The van der Waals surface area contributed by atoms with E-state index in [1.54, 1.807) is 33.5 Å². The lowest BCUT2D eigenvalue weighted by molar-refractivity contribution is -0.915. The number of methoxy groups -OCH3 is 3. The van der Waals surface area contributed by atoms with Crippen molar-refractivity contribution in [3.63, 3.8) is 0 Å². The van der Waals surface area contributed by atoms with E-state index < -0.39 is 0 Å². The molecule has 1 aliphatic rings. The van der Waals surface area contributed by atoms with E-state index in [0.29, 0.717) is 34.8 Å². The average Bonchev–Trinajstić information content (AvgIpc) is 2.78. The maximum absolute atomic E-state index is 12.6. The van der Waals surface area contributed by atoms with Crippen molar-refractivity contribution in [2.45, 2.75) is 6.54 Å². The monoisotopic (exact) mass is 411 g/mol. The first-order valence-electron chi connectivity index (χ1n) is 9.99. The topological polar surface area (TPSA) is 81.1 Å². The van der Waals surface area contributed by atoms with Gasteiger partial charge in [0.1, 0.15) is 12.3 Å². The smallest absolute Gasteiger partial charge is 0.259 e. The molecule has 0 saturated carbocycles. The Hall–Kier alpha value is -3.26. The number of fused-ring (bicyclic) bond motifs is 1. The highest BCUT2D eigenvalue weighted by molar-refractivity contribution is 5.81. The second kappa shape index (κ2) is 8.62. The SMILES string of the molecule is COc1cc2nc(C[NH+]3CCN(c4ccccc4OC)CC3)[nH]c(=O)c2cc1OC. The number of hydrogen-bond acceptors (Lipinski definition) is 6. The van der Waals surface area contributed by atoms with Crippen molar-refractivity contribution in [1.82, 2.24) is 9.97 Å². The van der Waals surface area contributed by atoms with Crippen molar-refractivity contribution in [2.75, 3.05) is 52.4 Å². The molecule has 0 radical (unpaired) electrons. The third-order valence-corrected chi connectivity index (χ3v) is 5.57. The maximum atomic E-state index is 12.6. The Balaban J connectivity index is 1.49. The average molecular weight is 411 g/mol. The molecule has 0 bridgehead atoms. The fourth-order valence-corrected chi connectivity index (χ4v) is 3.97. The predicted molar refractivity (Wildman–Crippen MR) is 115 cm³/mol. The van der Waals surface area contributed by atoms with Crippen LogP contribution >= 0.6 is 0 Å². The van der Waals surface area contributed by atoms with Crippen molar-refractivity contribution < 1.29 is 19.1 Å². The molecule has 3 aromatic rings. The Morgan fingerprint density at radius 2 is 1.67 bits per heavy atom. The molecular formula is C22H27N4O4+. The minimum atomic E-state index is -0.164. The van der Waals surface area contributed by atoms with Crippen LogP contribution in [0.3, 0.4) is 0 Å². The van der Waals surface area contributed by atoms with Gasteiger partial charge in [0, 0.05) is 6.07 Å². The van der Waals surface area contributed by atoms with Gasteiger partial charge in [-0.05, 0) is 18.2 Å². The summed E-state index contributed by atoms with van der Waals surface area (Å²) in [6.07, 6.45) is 0. The molecule has 1 fully saturated rings. The molecule has 0 amide bonds. The molecule has 1 aromatic heterocycles. The van der Waals surface area contributed by atoms with Crippen molar-refractivity contribution >= 4 is 16.6 Å². The summed E-state index contributed by atoms with van der Waals surface area (Å²) in [5, 5.41) is 0.493. The molecule has 158 valence electrons. The van der Waals surface area contributed by atoms with E-state index in [2.05, 4.69) is 20.9 Å². The fraction of sp³-hybridized carbons (Fsp3) is 0.364. The van der Waals surface area contributed by atoms with Gasteiger partial charge in [0.05, 0.1) is 64.1 Å². The maximum Gasteiger partial charge on any atom is 0.259 e. The van der Waals surface area contributed by atoms with Crippen molar-refractivity contribution in [3.05, 3.63) is 52.6 Å². The molecule has 2 N–H and O–H groups in total.